The first-order valence-corrected chi connectivity index (χ1v) is 9.67. The second-order valence-corrected chi connectivity index (χ2v) is 8.02. The summed E-state index contributed by atoms with van der Waals surface area (Å²) in [6.45, 7) is 6.71. The molecular formula is C20H19NO4S. The summed E-state index contributed by atoms with van der Waals surface area (Å²) in [5.41, 5.74) is 3.02. The van der Waals surface area contributed by atoms with Crippen molar-refractivity contribution in [2.45, 2.75) is 24.5 Å². The Hall–Kier alpha value is -2.86. The fourth-order valence-electron chi connectivity index (χ4n) is 3.00. The summed E-state index contributed by atoms with van der Waals surface area (Å²) in [7, 11) is -3.69. The molecule has 0 bridgehead atoms. The van der Waals surface area contributed by atoms with Crippen LogP contribution in [-0.4, -0.2) is 18.7 Å². The number of benzene rings is 2. The average Bonchev–Trinajstić information content (AvgIpc) is 2.94. The minimum Gasteiger partial charge on any atom is -0.508 e. The minimum absolute atomic E-state index is 0.0946. The first-order chi connectivity index (χ1) is 12.3. The van der Waals surface area contributed by atoms with Gasteiger partial charge in [-0.3, -0.25) is 0 Å². The van der Waals surface area contributed by atoms with Crippen LogP contribution in [0.15, 0.2) is 64.5 Å². The lowest BCUT2D eigenvalue weighted by Crippen LogP contribution is -2.09. The Morgan fingerprint density at radius 1 is 1.12 bits per heavy atom. The maximum Gasteiger partial charge on any atom is 0.187 e. The Kier molecular flexibility index (Phi) is 4.70. The highest BCUT2D eigenvalue weighted by Crippen LogP contribution is 2.29. The molecular weight excluding hydrogens is 350 g/mol. The van der Waals surface area contributed by atoms with Crippen LogP contribution in [0.4, 0.5) is 0 Å². The van der Waals surface area contributed by atoms with Crippen LogP contribution < -0.4 is 0 Å². The van der Waals surface area contributed by atoms with Crippen molar-refractivity contribution in [1.82, 2.24) is 5.16 Å². The molecule has 0 saturated carbocycles. The molecule has 2 aromatic carbocycles. The summed E-state index contributed by atoms with van der Waals surface area (Å²) in [6, 6.07) is 14.9. The van der Waals surface area contributed by atoms with Crippen molar-refractivity contribution in [3.8, 4) is 11.1 Å². The lowest BCUT2D eigenvalue weighted by atomic mass is 9.99. The van der Waals surface area contributed by atoms with Crippen LogP contribution in [0.1, 0.15) is 22.6 Å². The highest BCUT2D eigenvalue weighted by Gasteiger charge is 2.26. The molecule has 0 aliphatic carbocycles. The third-order valence-electron chi connectivity index (χ3n) is 4.15. The number of aliphatic hydroxyl groups is 1. The molecule has 134 valence electrons. The van der Waals surface area contributed by atoms with E-state index < -0.39 is 9.84 Å². The normalized spacial score (nSPS) is 11.5. The molecule has 0 atom stereocenters. The maximum absolute atomic E-state index is 12.9. The topological polar surface area (TPSA) is 80.4 Å². The minimum atomic E-state index is -3.69. The van der Waals surface area contributed by atoms with Crippen molar-refractivity contribution in [1.29, 1.82) is 0 Å². The summed E-state index contributed by atoms with van der Waals surface area (Å²) in [5.74, 6) is -0.203. The third-order valence-corrected chi connectivity index (χ3v) is 6.04. The van der Waals surface area contributed by atoms with Crippen LogP contribution >= 0.6 is 0 Å². The van der Waals surface area contributed by atoms with Gasteiger partial charge in [0.1, 0.15) is 10.7 Å². The van der Waals surface area contributed by atoms with Gasteiger partial charge in [0.05, 0.1) is 11.4 Å². The lowest BCUT2D eigenvalue weighted by Gasteiger charge is -2.12. The van der Waals surface area contributed by atoms with Gasteiger partial charge < -0.3 is 9.63 Å². The van der Waals surface area contributed by atoms with Crippen molar-refractivity contribution >= 4 is 15.6 Å². The van der Waals surface area contributed by atoms with Crippen molar-refractivity contribution in [2.75, 3.05) is 0 Å². The highest BCUT2D eigenvalue weighted by atomic mass is 32.2. The molecule has 0 unspecified atom stereocenters. The first-order valence-electron chi connectivity index (χ1n) is 8.02. The smallest absolute Gasteiger partial charge is 0.187 e. The third kappa shape index (κ3) is 3.41. The van der Waals surface area contributed by atoms with E-state index in [4.69, 9.17) is 4.52 Å². The van der Waals surface area contributed by atoms with Gasteiger partial charge in [-0.1, -0.05) is 54.2 Å². The fourth-order valence-corrected chi connectivity index (χ4v) is 4.76. The zero-order chi connectivity index (χ0) is 18.9. The van der Waals surface area contributed by atoms with Gasteiger partial charge >= 0.3 is 0 Å². The van der Waals surface area contributed by atoms with E-state index in [2.05, 4.69) is 11.7 Å². The molecule has 0 saturated heterocycles. The molecule has 0 fully saturated rings. The van der Waals surface area contributed by atoms with Crippen molar-refractivity contribution in [2.24, 2.45) is 0 Å². The molecule has 5 nitrogen and oxygen atoms in total. The van der Waals surface area contributed by atoms with Gasteiger partial charge in [0.25, 0.3) is 0 Å². The highest BCUT2D eigenvalue weighted by molar-refractivity contribution is 7.90. The van der Waals surface area contributed by atoms with E-state index in [0.29, 0.717) is 16.8 Å². The van der Waals surface area contributed by atoms with Crippen LogP contribution in [0.3, 0.4) is 0 Å². The molecule has 0 aliphatic rings. The molecule has 6 heteroatoms. The molecule has 3 aromatic rings. The largest absolute Gasteiger partial charge is 0.508 e. The van der Waals surface area contributed by atoms with Crippen LogP contribution in [0, 0.1) is 13.8 Å². The van der Waals surface area contributed by atoms with E-state index in [9.17, 15) is 13.5 Å². The quantitative estimate of drug-likeness (QED) is 0.672. The summed E-state index contributed by atoms with van der Waals surface area (Å²) in [4.78, 5) is 0.0946. The van der Waals surface area contributed by atoms with Gasteiger partial charge in [-0.15, -0.1) is 0 Å². The number of rotatable bonds is 5. The molecule has 0 radical (unpaired) electrons. The van der Waals surface area contributed by atoms with Gasteiger partial charge in [0, 0.05) is 5.56 Å². The summed E-state index contributed by atoms with van der Waals surface area (Å²) >= 11 is 0. The zero-order valence-electron chi connectivity index (χ0n) is 14.6. The maximum atomic E-state index is 12.9. The van der Waals surface area contributed by atoms with E-state index in [1.807, 2.05) is 36.4 Å². The molecule has 0 aliphatic heterocycles. The number of hydrogen-bond acceptors (Lipinski definition) is 5. The molecule has 1 N–H and O–H groups in total. The van der Waals surface area contributed by atoms with Gasteiger partial charge in [-0.2, -0.15) is 0 Å². The number of aliphatic hydroxyl groups excluding tert-OH is 1. The van der Waals surface area contributed by atoms with Crippen LogP contribution in [0.2, 0.25) is 0 Å². The second kappa shape index (κ2) is 6.80. The fraction of sp³-hybridized carbons (Fsp3) is 0.150. The van der Waals surface area contributed by atoms with Crippen molar-refractivity contribution in [3.63, 3.8) is 0 Å². The van der Waals surface area contributed by atoms with E-state index in [-0.39, 0.29) is 22.2 Å². The van der Waals surface area contributed by atoms with Gasteiger partial charge in [-0.05, 0) is 36.6 Å². The van der Waals surface area contributed by atoms with E-state index in [1.54, 1.807) is 26.0 Å². The number of aryl methyl sites for hydroxylation is 2. The Morgan fingerprint density at radius 2 is 1.81 bits per heavy atom. The molecule has 26 heavy (non-hydrogen) atoms. The zero-order valence-corrected chi connectivity index (χ0v) is 15.4. The molecule has 1 heterocycles. The molecule has 0 spiro atoms. The number of nitrogens with zero attached hydrogens (tertiary/aromatic N) is 1. The average molecular weight is 369 g/mol. The summed E-state index contributed by atoms with van der Waals surface area (Å²) in [6.07, 6.45) is 0. The standard InChI is InChI=1S/C20H19NO4S/c1-13-20(15(3)25-21-13)26(23,24)12-18-11-17(9-10-19(18)14(2)22)16-7-5-4-6-8-16/h4-11,22H,2,12H2,1,3H3. The van der Waals surface area contributed by atoms with Crippen molar-refractivity contribution in [3.05, 3.63) is 77.7 Å². The molecule has 0 amide bonds. The van der Waals surface area contributed by atoms with E-state index >= 15 is 0 Å². The number of aromatic nitrogens is 1. The summed E-state index contributed by atoms with van der Waals surface area (Å²) in [5, 5.41) is 13.6. The number of sulfone groups is 1. The predicted molar refractivity (Wildman–Crippen MR) is 100 cm³/mol. The van der Waals surface area contributed by atoms with Crippen LogP contribution in [-0.2, 0) is 15.6 Å². The molecule has 1 aromatic heterocycles. The molecule has 3 rings (SSSR count). The van der Waals surface area contributed by atoms with Gasteiger partial charge in [0.15, 0.2) is 15.6 Å². The van der Waals surface area contributed by atoms with Crippen LogP contribution in [0.25, 0.3) is 16.9 Å². The monoisotopic (exact) mass is 369 g/mol. The Bertz CT molecular complexity index is 1050. The van der Waals surface area contributed by atoms with Crippen molar-refractivity contribution < 1.29 is 18.0 Å². The van der Waals surface area contributed by atoms with Gasteiger partial charge in [0.2, 0.25) is 0 Å². The van der Waals surface area contributed by atoms with E-state index in [0.717, 1.165) is 11.1 Å². The Balaban J connectivity index is 2.10. The second-order valence-electron chi connectivity index (χ2n) is 6.10. The first kappa shape index (κ1) is 17.9. The van der Waals surface area contributed by atoms with Crippen LogP contribution in [0.5, 0.6) is 0 Å². The Labute approximate surface area is 152 Å². The van der Waals surface area contributed by atoms with Gasteiger partial charge in [-0.25, -0.2) is 8.42 Å². The number of hydrogen-bond donors (Lipinski definition) is 1. The Morgan fingerprint density at radius 3 is 2.38 bits per heavy atom. The summed E-state index contributed by atoms with van der Waals surface area (Å²) < 4.78 is 30.8. The van der Waals surface area contributed by atoms with E-state index in [1.165, 1.54) is 0 Å². The predicted octanol–water partition coefficient (Wildman–Crippen LogP) is 4.46. The lowest BCUT2D eigenvalue weighted by molar-refractivity contribution is 0.390. The SMILES string of the molecule is C=C(O)c1ccc(-c2ccccc2)cc1CS(=O)(=O)c1c(C)noc1C.